The smallest absolute Gasteiger partial charge is 0.419 e. The van der Waals surface area contributed by atoms with Gasteiger partial charge in [0, 0.05) is 0 Å². The van der Waals surface area contributed by atoms with Crippen molar-refractivity contribution in [1.29, 1.82) is 0 Å². The van der Waals surface area contributed by atoms with Crippen molar-refractivity contribution in [3.63, 3.8) is 0 Å². The molecule has 0 radical (unpaired) electrons. The van der Waals surface area contributed by atoms with Gasteiger partial charge in [-0.3, -0.25) is 0 Å². The monoisotopic (exact) mass is 311 g/mol. The summed E-state index contributed by atoms with van der Waals surface area (Å²) in [5.41, 5.74) is 4.67. The summed E-state index contributed by atoms with van der Waals surface area (Å²) in [6.07, 6.45) is -4.51. The molecular weight excluding hydrogens is 303 g/mol. The van der Waals surface area contributed by atoms with E-state index in [4.69, 9.17) is 10.5 Å². The van der Waals surface area contributed by atoms with E-state index in [1.54, 1.807) is 11.4 Å². The van der Waals surface area contributed by atoms with E-state index in [0.29, 0.717) is 10.2 Å². The number of para-hydroxylation sites is 1. The lowest BCUT2D eigenvalue weighted by molar-refractivity contribution is -0.138. The number of rotatable bonds is 2. The minimum absolute atomic E-state index is 0.00968. The Balaban J connectivity index is 2.09. The molecule has 4 nitrogen and oxygen atoms in total. The Kier molecular flexibility index (Phi) is 3.17. The molecule has 3 rings (SSSR count). The zero-order valence-corrected chi connectivity index (χ0v) is 11.2. The number of nitrogens with zero attached hydrogens (tertiary/aromatic N) is 2. The second kappa shape index (κ2) is 4.88. The molecule has 2 aromatic heterocycles. The molecular formula is C13H8F3N3OS. The molecule has 8 heteroatoms. The number of fused-ring (bicyclic) bond motifs is 1. The Morgan fingerprint density at radius 3 is 2.62 bits per heavy atom. The van der Waals surface area contributed by atoms with Crippen molar-refractivity contribution in [3.8, 4) is 11.6 Å². The zero-order valence-electron chi connectivity index (χ0n) is 10.4. The molecule has 2 N–H and O–H groups in total. The van der Waals surface area contributed by atoms with E-state index >= 15 is 0 Å². The quantitative estimate of drug-likeness (QED) is 0.774. The zero-order chi connectivity index (χ0) is 15.0. The normalized spacial score (nSPS) is 11.8. The minimum atomic E-state index is -4.51. The van der Waals surface area contributed by atoms with E-state index in [1.165, 1.54) is 29.5 Å². The van der Waals surface area contributed by atoms with Crippen LogP contribution in [-0.2, 0) is 6.18 Å². The Labute approximate surface area is 121 Å². The van der Waals surface area contributed by atoms with Gasteiger partial charge in [0.1, 0.15) is 10.6 Å². The van der Waals surface area contributed by atoms with Crippen LogP contribution in [0.15, 0.2) is 35.7 Å². The maximum absolute atomic E-state index is 12.9. The van der Waals surface area contributed by atoms with Crippen LogP contribution in [0, 0.1) is 0 Å². The van der Waals surface area contributed by atoms with Gasteiger partial charge in [0.25, 0.3) is 0 Å². The van der Waals surface area contributed by atoms with E-state index in [1.807, 2.05) is 0 Å². The molecule has 0 aliphatic heterocycles. The summed E-state index contributed by atoms with van der Waals surface area (Å²) in [5, 5.41) is 2.26. The van der Waals surface area contributed by atoms with Gasteiger partial charge in [-0.1, -0.05) is 12.1 Å². The first kappa shape index (κ1) is 13.6. The van der Waals surface area contributed by atoms with Crippen molar-refractivity contribution >= 4 is 27.5 Å². The van der Waals surface area contributed by atoms with Crippen LogP contribution in [0.5, 0.6) is 11.6 Å². The third kappa shape index (κ3) is 2.62. The molecule has 108 valence electrons. The summed E-state index contributed by atoms with van der Waals surface area (Å²) in [4.78, 5) is 8.43. The number of hydrogen-bond acceptors (Lipinski definition) is 5. The Morgan fingerprint density at radius 1 is 1.10 bits per heavy atom. The lowest BCUT2D eigenvalue weighted by atomic mass is 10.2. The summed E-state index contributed by atoms with van der Waals surface area (Å²) in [6, 6.07) is 6.61. The number of benzene rings is 1. The van der Waals surface area contributed by atoms with E-state index in [2.05, 4.69) is 9.97 Å². The van der Waals surface area contributed by atoms with Crippen molar-refractivity contribution < 1.29 is 17.9 Å². The molecule has 0 bridgehead atoms. The van der Waals surface area contributed by atoms with Crippen LogP contribution in [0.1, 0.15) is 5.56 Å². The molecule has 0 spiro atoms. The van der Waals surface area contributed by atoms with Gasteiger partial charge < -0.3 is 10.5 Å². The number of anilines is 1. The highest BCUT2D eigenvalue weighted by Crippen LogP contribution is 2.39. The number of ether oxygens (including phenoxy) is 1. The maximum atomic E-state index is 12.9. The molecule has 3 aromatic rings. The van der Waals surface area contributed by atoms with Gasteiger partial charge in [-0.2, -0.15) is 18.2 Å². The number of thiophene rings is 1. The first-order chi connectivity index (χ1) is 9.95. The van der Waals surface area contributed by atoms with Gasteiger partial charge in [-0.25, -0.2) is 4.98 Å². The van der Waals surface area contributed by atoms with Crippen LogP contribution >= 0.6 is 11.3 Å². The lowest BCUT2D eigenvalue weighted by Gasteiger charge is -2.13. The van der Waals surface area contributed by atoms with Crippen molar-refractivity contribution in [2.24, 2.45) is 0 Å². The fourth-order valence-corrected chi connectivity index (χ4v) is 2.58. The summed E-state index contributed by atoms with van der Waals surface area (Å²) in [5.74, 6) is -0.365. The van der Waals surface area contributed by atoms with Crippen LogP contribution in [0.4, 0.5) is 19.1 Å². The van der Waals surface area contributed by atoms with Crippen LogP contribution < -0.4 is 10.5 Å². The first-order valence-electron chi connectivity index (χ1n) is 5.80. The molecule has 0 saturated heterocycles. The summed E-state index contributed by atoms with van der Waals surface area (Å²) in [7, 11) is 0. The van der Waals surface area contributed by atoms with Crippen molar-refractivity contribution in [1.82, 2.24) is 9.97 Å². The molecule has 0 atom stereocenters. The minimum Gasteiger partial charge on any atom is -0.438 e. The number of halogens is 3. The molecule has 0 amide bonds. The molecule has 0 fully saturated rings. The van der Waals surface area contributed by atoms with E-state index in [9.17, 15) is 13.2 Å². The molecule has 0 saturated carbocycles. The lowest BCUT2D eigenvalue weighted by Crippen LogP contribution is -2.07. The second-order valence-corrected chi connectivity index (χ2v) is 5.02. The van der Waals surface area contributed by atoms with E-state index in [-0.39, 0.29) is 17.6 Å². The van der Waals surface area contributed by atoms with E-state index < -0.39 is 11.7 Å². The number of aromatic nitrogens is 2. The summed E-state index contributed by atoms with van der Waals surface area (Å²) in [6.45, 7) is 0. The number of nitrogens with two attached hydrogens (primary N) is 1. The standard InChI is InChI=1S/C13H8F3N3OS/c14-13(15,16)8-3-1-2-4-9(8)20-10-7-5-6-21-11(7)19-12(17)18-10/h1-6H,(H2,17,18,19). The average Bonchev–Trinajstić information content (AvgIpc) is 2.86. The molecule has 1 aromatic carbocycles. The first-order valence-corrected chi connectivity index (χ1v) is 6.68. The molecule has 0 aliphatic carbocycles. The maximum Gasteiger partial charge on any atom is 0.419 e. The fourth-order valence-electron chi connectivity index (χ4n) is 1.82. The molecule has 0 aliphatic rings. The van der Waals surface area contributed by atoms with Gasteiger partial charge in [0.05, 0.1) is 10.9 Å². The highest BCUT2D eigenvalue weighted by Gasteiger charge is 2.34. The van der Waals surface area contributed by atoms with Gasteiger partial charge in [0.15, 0.2) is 0 Å². The predicted molar refractivity (Wildman–Crippen MR) is 73.3 cm³/mol. The highest BCUT2D eigenvalue weighted by molar-refractivity contribution is 7.16. The number of hydrogen-bond donors (Lipinski definition) is 1. The van der Waals surface area contributed by atoms with Gasteiger partial charge in [-0.15, -0.1) is 11.3 Å². The average molecular weight is 311 g/mol. The van der Waals surface area contributed by atoms with Crippen molar-refractivity contribution in [3.05, 3.63) is 41.3 Å². The van der Waals surface area contributed by atoms with Gasteiger partial charge >= 0.3 is 6.18 Å². The molecule has 0 unspecified atom stereocenters. The Morgan fingerprint density at radius 2 is 1.86 bits per heavy atom. The third-order valence-electron chi connectivity index (χ3n) is 2.71. The van der Waals surface area contributed by atoms with Crippen LogP contribution in [-0.4, -0.2) is 9.97 Å². The number of nitrogen functional groups attached to an aromatic ring is 1. The topological polar surface area (TPSA) is 61.0 Å². The van der Waals surface area contributed by atoms with Crippen LogP contribution in [0.25, 0.3) is 10.2 Å². The Hall–Kier alpha value is -2.35. The SMILES string of the molecule is Nc1nc(Oc2ccccc2C(F)(F)F)c2ccsc2n1. The summed E-state index contributed by atoms with van der Waals surface area (Å²) >= 11 is 1.30. The van der Waals surface area contributed by atoms with E-state index in [0.717, 1.165) is 6.07 Å². The van der Waals surface area contributed by atoms with Crippen LogP contribution in [0.3, 0.4) is 0 Å². The number of alkyl halides is 3. The highest BCUT2D eigenvalue weighted by atomic mass is 32.1. The predicted octanol–water partition coefficient (Wildman–Crippen LogP) is 4.08. The Bertz CT molecular complexity index is 801. The molecule has 2 heterocycles. The molecule has 21 heavy (non-hydrogen) atoms. The largest absolute Gasteiger partial charge is 0.438 e. The second-order valence-electron chi connectivity index (χ2n) is 4.12. The van der Waals surface area contributed by atoms with Crippen molar-refractivity contribution in [2.45, 2.75) is 6.18 Å². The van der Waals surface area contributed by atoms with Gasteiger partial charge in [-0.05, 0) is 23.6 Å². The van der Waals surface area contributed by atoms with Crippen LogP contribution in [0.2, 0.25) is 0 Å². The summed E-state index contributed by atoms with van der Waals surface area (Å²) < 4.78 is 44.2. The van der Waals surface area contributed by atoms with Gasteiger partial charge in [0.2, 0.25) is 11.8 Å². The fraction of sp³-hybridized carbons (Fsp3) is 0.0769. The third-order valence-corrected chi connectivity index (χ3v) is 3.51. The van der Waals surface area contributed by atoms with Crippen molar-refractivity contribution in [2.75, 3.05) is 5.73 Å².